The molecule has 0 atom stereocenters. The van der Waals surface area contributed by atoms with Crippen LogP contribution < -0.4 is 0 Å². The van der Waals surface area contributed by atoms with Crippen molar-refractivity contribution in [3.8, 4) is 11.3 Å². The van der Waals surface area contributed by atoms with Gasteiger partial charge in [-0.1, -0.05) is 29.8 Å². The normalized spacial score (nSPS) is 11.1. The summed E-state index contributed by atoms with van der Waals surface area (Å²) < 4.78 is 0. The fourth-order valence-corrected chi connectivity index (χ4v) is 2.96. The van der Waals surface area contributed by atoms with Gasteiger partial charge >= 0.3 is 0 Å². The van der Waals surface area contributed by atoms with Crippen molar-refractivity contribution in [2.75, 3.05) is 0 Å². The molecular formula is C20H21N. The molecule has 106 valence electrons. The van der Waals surface area contributed by atoms with Gasteiger partial charge in [0.05, 0.1) is 11.2 Å². The predicted octanol–water partition coefficient (Wildman–Crippen LogP) is 5.44. The summed E-state index contributed by atoms with van der Waals surface area (Å²) >= 11 is 0. The summed E-state index contributed by atoms with van der Waals surface area (Å²) in [5.41, 5.74) is 9.95. The first kappa shape index (κ1) is 13.8. The zero-order valence-electron chi connectivity index (χ0n) is 13.4. The number of benzene rings is 2. The van der Waals surface area contributed by atoms with Crippen LogP contribution in [-0.4, -0.2) is 4.98 Å². The van der Waals surface area contributed by atoms with Crippen molar-refractivity contribution in [2.45, 2.75) is 34.6 Å². The van der Waals surface area contributed by atoms with E-state index in [1.54, 1.807) is 0 Å². The molecule has 1 heteroatoms. The SMILES string of the molecule is Cc1ccc(-c2ccc3c(C)c(C)c(C)cc3n2)c(C)c1. The molecule has 0 radical (unpaired) electrons. The first-order chi connectivity index (χ1) is 9.97. The van der Waals surface area contributed by atoms with Crippen LogP contribution in [0.4, 0.5) is 0 Å². The Morgan fingerprint density at radius 2 is 1.48 bits per heavy atom. The number of fused-ring (bicyclic) bond motifs is 1. The van der Waals surface area contributed by atoms with Crippen LogP contribution in [0, 0.1) is 34.6 Å². The summed E-state index contributed by atoms with van der Waals surface area (Å²) in [6, 6.07) is 13.1. The summed E-state index contributed by atoms with van der Waals surface area (Å²) in [5.74, 6) is 0. The number of aryl methyl sites for hydroxylation is 4. The molecule has 0 saturated carbocycles. The lowest BCUT2D eigenvalue weighted by molar-refractivity contribution is 1.27. The maximum Gasteiger partial charge on any atom is 0.0715 e. The molecule has 0 saturated heterocycles. The Labute approximate surface area is 126 Å². The van der Waals surface area contributed by atoms with Gasteiger partial charge in [0.2, 0.25) is 0 Å². The van der Waals surface area contributed by atoms with Crippen molar-refractivity contribution in [1.29, 1.82) is 0 Å². The minimum atomic E-state index is 1.06. The van der Waals surface area contributed by atoms with Gasteiger partial charge in [-0.05, 0) is 69.0 Å². The molecule has 0 spiro atoms. The number of pyridine rings is 1. The van der Waals surface area contributed by atoms with E-state index in [4.69, 9.17) is 4.98 Å². The van der Waals surface area contributed by atoms with Crippen molar-refractivity contribution >= 4 is 10.9 Å². The van der Waals surface area contributed by atoms with Crippen LogP contribution in [0.2, 0.25) is 0 Å². The van der Waals surface area contributed by atoms with Crippen LogP contribution in [0.15, 0.2) is 36.4 Å². The predicted molar refractivity (Wildman–Crippen MR) is 90.9 cm³/mol. The van der Waals surface area contributed by atoms with Gasteiger partial charge in [0.15, 0.2) is 0 Å². The van der Waals surface area contributed by atoms with E-state index in [1.165, 1.54) is 38.8 Å². The third kappa shape index (κ3) is 2.33. The Morgan fingerprint density at radius 3 is 2.19 bits per heavy atom. The second-order valence-corrected chi connectivity index (χ2v) is 6.03. The summed E-state index contributed by atoms with van der Waals surface area (Å²) in [5, 5.41) is 1.26. The van der Waals surface area contributed by atoms with E-state index >= 15 is 0 Å². The maximum atomic E-state index is 4.90. The quantitative estimate of drug-likeness (QED) is 0.576. The van der Waals surface area contributed by atoms with Gasteiger partial charge in [0, 0.05) is 10.9 Å². The Morgan fingerprint density at radius 1 is 0.714 bits per heavy atom. The van der Waals surface area contributed by atoms with E-state index in [0.717, 1.165) is 11.2 Å². The molecule has 3 rings (SSSR count). The lowest BCUT2D eigenvalue weighted by Gasteiger charge is -2.11. The minimum absolute atomic E-state index is 1.06. The summed E-state index contributed by atoms with van der Waals surface area (Å²) in [4.78, 5) is 4.90. The number of nitrogens with zero attached hydrogens (tertiary/aromatic N) is 1. The molecule has 0 aliphatic carbocycles. The van der Waals surface area contributed by atoms with E-state index in [-0.39, 0.29) is 0 Å². The largest absolute Gasteiger partial charge is 0.248 e. The first-order valence-corrected chi connectivity index (χ1v) is 7.42. The molecule has 2 aromatic carbocycles. The van der Waals surface area contributed by atoms with Gasteiger partial charge in [-0.15, -0.1) is 0 Å². The molecule has 1 heterocycles. The number of aromatic nitrogens is 1. The molecule has 21 heavy (non-hydrogen) atoms. The van der Waals surface area contributed by atoms with Crippen molar-refractivity contribution in [1.82, 2.24) is 4.98 Å². The van der Waals surface area contributed by atoms with E-state index in [2.05, 4.69) is 71.0 Å². The fraction of sp³-hybridized carbons (Fsp3) is 0.250. The average Bonchev–Trinajstić information content (AvgIpc) is 2.44. The zero-order chi connectivity index (χ0) is 15.1. The number of rotatable bonds is 1. The monoisotopic (exact) mass is 275 g/mol. The Hall–Kier alpha value is -2.15. The molecule has 0 amide bonds. The summed E-state index contributed by atoms with van der Waals surface area (Å²) in [6.07, 6.45) is 0. The molecule has 0 N–H and O–H groups in total. The maximum absolute atomic E-state index is 4.90. The average molecular weight is 275 g/mol. The van der Waals surface area contributed by atoms with Crippen LogP contribution in [0.1, 0.15) is 27.8 Å². The van der Waals surface area contributed by atoms with E-state index in [0.29, 0.717) is 0 Å². The van der Waals surface area contributed by atoms with Gasteiger partial charge < -0.3 is 0 Å². The van der Waals surface area contributed by atoms with E-state index in [9.17, 15) is 0 Å². The first-order valence-electron chi connectivity index (χ1n) is 7.42. The zero-order valence-corrected chi connectivity index (χ0v) is 13.4. The van der Waals surface area contributed by atoms with E-state index in [1.807, 2.05) is 0 Å². The van der Waals surface area contributed by atoms with Crippen LogP contribution in [0.5, 0.6) is 0 Å². The summed E-state index contributed by atoms with van der Waals surface area (Å²) in [6.45, 7) is 10.8. The van der Waals surface area contributed by atoms with Gasteiger partial charge in [-0.3, -0.25) is 0 Å². The highest BCUT2D eigenvalue weighted by molar-refractivity contribution is 5.86. The van der Waals surface area contributed by atoms with Gasteiger partial charge in [-0.2, -0.15) is 0 Å². The standard InChI is InChI=1S/C20H21N/c1-12-6-7-17(14(3)10-12)19-9-8-18-16(5)15(4)13(2)11-20(18)21-19/h6-11H,1-5H3. The number of hydrogen-bond donors (Lipinski definition) is 0. The van der Waals surface area contributed by atoms with Crippen molar-refractivity contribution < 1.29 is 0 Å². The highest BCUT2D eigenvalue weighted by Gasteiger charge is 2.08. The lowest BCUT2D eigenvalue weighted by Crippen LogP contribution is -1.93. The van der Waals surface area contributed by atoms with Crippen LogP contribution in [0.25, 0.3) is 22.2 Å². The smallest absolute Gasteiger partial charge is 0.0715 e. The highest BCUT2D eigenvalue weighted by atomic mass is 14.7. The molecule has 0 fully saturated rings. The third-order valence-corrected chi connectivity index (χ3v) is 4.49. The van der Waals surface area contributed by atoms with Gasteiger partial charge in [-0.25, -0.2) is 4.98 Å². The third-order valence-electron chi connectivity index (χ3n) is 4.49. The fourth-order valence-electron chi connectivity index (χ4n) is 2.96. The Balaban J connectivity index is 2.24. The molecule has 1 aromatic heterocycles. The minimum Gasteiger partial charge on any atom is -0.248 e. The molecule has 0 bridgehead atoms. The number of hydrogen-bond acceptors (Lipinski definition) is 1. The van der Waals surface area contributed by atoms with Crippen LogP contribution >= 0.6 is 0 Å². The van der Waals surface area contributed by atoms with Crippen LogP contribution in [0.3, 0.4) is 0 Å². The topological polar surface area (TPSA) is 12.9 Å². The van der Waals surface area contributed by atoms with Crippen molar-refractivity contribution in [3.05, 3.63) is 64.2 Å². The second kappa shape index (κ2) is 5.00. The van der Waals surface area contributed by atoms with Gasteiger partial charge in [0.1, 0.15) is 0 Å². The lowest BCUT2D eigenvalue weighted by atomic mass is 9.97. The summed E-state index contributed by atoms with van der Waals surface area (Å²) in [7, 11) is 0. The van der Waals surface area contributed by atoms with E-state index < -0.39 is 0 Å². The second-order valence-electron chi connectivity index (χ2n) is 6.03. The highest BCUT2D eigenvalue weighted by Crippen LogP contribution is 2.28. The molecule has 3 aromatic rings. The van der Waals surface area contributed by atoms with Crippen LogP contribution in [-0.2, 0) is 0 Å². The van der Waals surface area contributed by atoms with Crippen molar-refractivity contribution in [3.63, 3.8) is 0 Å². The molecule has 1 nitrogen and oxygen atoms in total. The molecular weight excluding hydrogens is 254 g/mol. The molecule has 0 unspecified atom stereocenters. The molecule has 0 aliphatic rings. The Bertz CT molecular complexity index is 844. The van der Waals surface area contributed by atoms with Gasteiger partial charge in [0.25, 0.3) is 0 Å². The Kier molecular flexibility index (Phi) is 3.29. The molecule has 0 aliphatic heterocycles. The van der Waals surface area contributed by atoms with Crippen molar-refractivity contribution in [2.24, 2.45) is 0 Å².